The molecule has 1 aliphatic heterocycles. The number of carbonyl (C=O) groups is 1. The van der Waals surface area contributed by atoms with Crippen LogP contribution in [0.5, 0.6) is 5.75 Å². The number of hydrogen-bond donors (Lipinski definition) is 2. The highest BCUT2D eigenvalue weighted by Gasteiger charge is 2.31. The molecule has 1 amide bonds. The summed E-state index contributed by atoms with van der Waals surface area (Å²) >= 11 is 0. The Hall–Kier alpha value is -1.75. The first kappa shape index (κ1) is 13.7. The number of nitrogens with zero attached hydrogens (tertiary/aromatic N) is 1. The Kier molecular flexibility index (Phi) is 4.27. The smallest absolute Gasteiger partial charge is 0.245 e. The molecule has 0 saturated carbocycles. The van der Waals surface area contributed by atoms with Gasteiger partial charge in [0.25, 0.3) is 0 Å². The van der Waals surface area contributed by atoms with Crippen molar-refractivity contribution in [2.24, 2.45) is 0 Å². The van der Waals surface area contributed by atoms with Gasteiger partial charge in [-0.1, -0.05) is 0 Å². The maximum absolute atomic E-state index is 12.0. The molecule has 0 aromatic heterocycles. The molecule has 5 nitrogen and oxygen atoms in total. The van der Waals surface area contributed by atoms with Gasteiger partial charge in [0.1, 0.15) is 11.8 Å². The first-order valence-corrected chi connectivity index (χ1v) is 6.48. The van der Waals surface area contributed by atoms with Crippen LogP contribution in [0.3, 0.4) is 0 Å². The van der Waals surface area contributed by atoms with Gasteiger partial charge in [0.05, 0.1) is 13.7 Å². The van der Waals surface area contributed by atoms with E-state index in [4.69, 9.17) is 4.74 Å². The summed E-state index contributed by atoms with van der Waals surface area (Å²) < 4.78 is 5.14. The van der Waals surface area contributed by atoms with Crippen LogP contribution in [0.25, 0.3) is 0 Å². The van der Waals surface area contributed by atoms with E-state index in [2.05, 4.69) is 12.2 Å². The molecule has 2 rings (SSSR count). The van der Waals surface area contributed by atoms with Crippen molar-refractivity contribution in [1.82, 2.24) is 5.32 Å². The molecule has 104 valence electrons. The number of amides is 1. The maximum Gasteiger partial charge on any atom is 0.245 e. The number of methoxy groups -OCH3 is 1. The number of hydrogen-bond acceptors (Lipinski definition) is 4. The van der Waals surface area contributed by atoms with Crippen LogP contribution in [0, 0.1) is 0 Å². The minimum Gasteiger partial charge on any atom is -0.497 e. The molecular weight excluding hydrogens is 244 g/mol. The van der Waals surface area contributed by atoms with Crippen molar-refractivity contribution < 1.29 is 14.6 Å². The lowest BCUT2D eigenvalue weighted by molar-refractivity contribution is -0.122. The summed E-state index contributed by atoms with van der Waals surface area (Å²) in [6, 6.07) is 7.20. The normalized spacial score (nSPS) is 23.7. The van der Waals surface area contributed by atoms with E-state index in [1.54, 1.807) is 7.11 Å². The Balaban J connectivity index is 2.32. The summed E-state index contributed by atoms with van der Waals surface area (Å²) in [6.45, 7) is 2.51. The zero-order valence-corrected chi connectivity index (χ0v) is 11.3. The van der Waals surface area contributed by atoms with Crippen LogP contribution in [-0.2, 0) is 4.79 Å². The summed E-state index contributed by atoms with van der Waals surface area (Å²) in [5, 5.41) is 12.3. The summed E-state index contributed by atoms with van der Waals surface area (Å²) in [5.74, 6) is 0.652. The third kappa shape index (κ3) is 2.81. The van der Waals surface area contributed by atoms with Crippen molar-refractivity contribution in [1.29, 1.82) is 0 Å². The second-order valence-corrected chi connectivity index (χ2v) is 4.73. The fourth-order valence-electron chi connectivity index (χ4n) is 2.45. The average molecular weight is 264 g/mol. The number of aliphatic hydroxyl groups excluding tert-OH is 1. The largest absolute Gasteiger partial charge is 0.497 e. The van der Waals surface area contributed by atoms with Crippen LogP contribution in [-0.4, -0.2) is 43.4 Å². The van der Waals surface area contributed by atoms with Gasteiger partial charge < -0.3 is 20.1 Å². The van der Waals surface area contributed by atoms with E-state index in [0.717, 1.165) is 17.9 Å². The van der Waals surface area contributed by atoms with E-state index in [9.17, 15) is 9.90 Å². The first-order chi connectivity index (χ1) is 9.17. The molecular formula is C14H20N2O3. The summed E-state index contributed by atoms with van der Waals surface area (Å²) in [4.78, 5) is 13.9. The van der Waals surface area contributed by atoms with Gasteiger partial charge in [-0.15, -0.1) is 0 Å². The monoisotopic (exact) mass is 264 g/mol. The Morgan fingerprint density at radius 2 is 2.11 bits per heavy atom. The molecule has 0 radical (unpaired) electrons. The van der Waals surface area contributed by atoms with E-state index in [1.165, 1.54) is 0 Å². The van der Waals surface area contributed by atoms with E-state index in [-0.39, 0.29) is 18.6 Å². The van der Waals surface area contributed by atoms with Crippen LogP contribution in [0.15, 0.2) is 24.3 Å². The molecule has 1 saturated heterocycles. The topological polar surface area (TPSA) is 61.8 Å². The molecule has 1 heterocycles. The minimum atomic E-state index is -0.536. The van der Waals surface area contributed by atoms with Gasteiger partial charge >= 0.3 is 0 Å². The number of rotatable bonds is 3. The van der Waals surface area contributed by atoms with E-state index in [1.807, 2.05) is 29.2 Å². The quantitative estimate of drug-likeness (QED) is 0.846. The lowest BCUT2D eigenvalue weighted by Gasteiger charge is -2.34. The van der Waals surface area contributed by atoms with Crippen molar-refractivity contribution in [2.75, 3.05) is 25.2 Å². The van der Waals surface area contributed by atoms with E-state index >= 15 is 0 Å². The third-order valence-electron chi connectivity index (χ3n) is 3.52. The molecule has 0 spiro atoms. The summed E-state index contributed by atoms with van der Waals surface area (Å²) in [7, 11) is 1.62. The van der Waals surface area contributed by atoms with Gasteiger partial charge in [-0.3, -0.25) is 4.79 Å². The number of anilines is 1. The summed E-state index contributed by atoms with van der Waals surface area (Å²) in [6.07, 6.45) is 0.855. The standard InChI is InChI=1S/C14H20N2O3/c1-10-7-8-15-14(18)13(9-17)16(10)11-3-5-12(19-2)6-4-11/h3-6,10,13,17H,7-9H2,1-2H3,(H,15,18). The second kappa shape index (κ2) is 5.93. The van der Waals surface area contributed by atoms with Crippen LogP contribution in [0.2, 0.25) is 0 Å². The molecule has 2 N–H and O–H groups in total. The maximum atomic E-state index is 12.0. The van der Waals surface area contributed by atoms with Crippen LogP contribution in [0.4, 0.5) is 5.69 Å². The second-order valence-electron chi connectivity index (χ2n) is 4.73. The molecule has 1 aromatic rings. The van der Waals surface area contributed by atoms with Crippen molar-refractivity contribution in [3.8, 4) is 5.75 Å². The van der Waals surface area contributed by atoms with Gasteiger partial charge in [0.2, 0.25) is 5.91 Å². The highest BCUT2D eigenvalue weighted by molar-refractivity contribution is 5.86. The average Bonchev–Trinajstić information content (AvgIpc) is 2.57. The van der Waals surface area contributed by atoms with Crippen molar-refractivity contribution in [3.05, 3.63) is 24.3 Å². The Bertz CT molecular complexity index is 433. The summed E-state index contributed by atoms with van der Waals surface area (Å²) in [5.41, 5.74) is 0.921. The van der Waals surface area contributed by atoms with Crippen molar-refractivity contribution in [3.63, 3.8) is 0 Å². The first-order valence-electron chi connectivity index (χ1n) is 6.48. The van der Waals surface area contributed by atoms with Crippen molar-refractivity contribution >= 4 is 11.6 Å². The van der Waals surface area contributed by atoms with Gasteiger partial charge in [-0.2, -0.15) is 0 Å². The fourth-order valence-corrected chi connectivity index (χ4v) is 2.45. The van der Waals surface area contributed by atoms with Crippen molar-refractivity contribution in [2.45, 2.75) is 25.4 Å². The molecule has 2 unspecified atom stereocenters. The fraction of sp³-hybridized carbons (Fsp3) is 0.500. The SMILES string of the molecule is COc1ccc(N2C(C)CCNC(=O)C2CO)cc1. The minimum absolute atomic E-state index is 0.123. The molecule has 0 bridgehead atoms. The third-order valence-corrected chi connectivity index (χ3v) is 3.52. The van der Waals surface area contributed by atoms with Gasteiger partial charge in [0.15, 0.2) is 0 Å². The highest BCUT2D eigenvalue weighted by Crippen LogP contribution is 2.25. The van der Waals surface area contributed by atoms with Gasteiger partial charge in [-0.25, -0.2) is 0 Å². The Labute approximate surface area is 113 Å². The van der Waals surface area contributed by atoms with E-state index in [0.29, 0.717) is 6.54 Å². The predicted molar refractivity (Wildman–Crippen MR) is 73.4 cm³/mol. The number of carbonyl (C=O) groups excluding carboxylic acids is 1. The van der Waals surface area contributed by atoms with E-state index < -0.39 is 6.04 Å². The van der Waals surface area contributed by atoms with Gasteiger partial charge in [-0.05, 0) is 37.6 Å². The molecule has 19 heavy (non-hydrogen) atoms. The van der Waals surface area contributed by atoms with Crippen LogP contribution >= 0.6 is 0 Å². The number of nitrogens with one attached hydrogen (secondary N) is 1. The van der Waals surface area contributed by atoms with Gasteiger partial charge in [0, 0.05) is 18.3 Å². The lowest BCUT2D eigenvalue weighted by atomic mass is 10.1. The Morgan fingerprint density at radius 3 is 2.68 bits per heavy atom. The Morgan fingerprint density at radius 1 is 1.42 bits per heavy atom. The van der Waals surface area contributed by atoms with Crippen LogP contribution in [0.1, 0.15) is 13.3 Å². The number of benzene rings is 1. The molecule has 0 aliphatic carbocycles. The zero-order chi connectivity index (χ0) is 13.8. The highest BCUT2D eigenvalue weighted by atomic mass is 16.5. The predicted octanol–water partition coefficient (Wildman–Crippen LogP) is 0.771. The molecule has 1 aliphatic rings. The number of ether oxygens (including phenoxy) is 1. The number of aliphatic hydroxyl groups is 1. The zero-order valence-electron chi connectivity index (χ0n) is 11.3. The molecule has 2 atom stereocenters. The molecule has 5 heteroatoms. The lowest BCUT2D eigenvalue weighted by Crippen LogP contribution is -2.49. The molecule has 1 fully saturated rings. The van der Waals surface area contributed by atoms with Crippen LogP contribution < -0.4 is 15.0 Å². The molecule has 1 aromatic carbocycles.